The number of hydrogen-bond acceptors (Lipinski definition) is 5. The van der Waals surface area contributed by atoms with Crippen molar-refractivity contribution in [2.45, 2.75) is 44.6 Å². The van der Waals surface area contributed by atoms with Crippen molar-refractivity contribution in [2.24, 2.45) is 11.8 Å². The standard InChI is InChI=1S/C27H35N3O4.ClH/c1-2-24(19-26(32)34-18-14-21-7-4-3-5-8-21)29-27(33)23-9-6-17-30(20-23)25(31)11-10-22-12-15-28-16-13-22;/h1,3-5,7-8,10-11,22-24,28H,6,9,12-20H2,(H,29,33);1H/b11-10+;/t23-,24?;/m1./s1. The number of likely N-dealkylation sites (tertiary alicyclic amines) is 1. The number of rotatable bonds is 9. The second-order valence-corrected chi connectivity index (χ2v) is 8.96. The first-order valence-electron chi connectivity index (χ1n) is 12.2. The lowest BCUT2D eigenvalue weighted by atomic mass is 9.95. The van der Waals surface area contributed by atoms with Crippen LogP contribution in [-0.2, 0) is 25.5 Å². The molecule has 2 N–H and O–H groups in total. The maximum atomic E-state index is 12.8. The Kier molecular flexibility index (Phi) is 12.4. The number of nitrogens with one attached hydrogen (secondary N) is 2. The molecule has 2 amide bonds. The van der Waals surface area contributed by atoms with E-state index in [4.69, 9.17) is 11.2 Å². The van der Waals surface area contributed by atoms with Gasteiger partial charge in [0.05, 0.1) is 18.9 Å². The Morgan fingerprint density at radius 2 is 1.94 bits per heavy atom. The molecule has 0 aliphatic carbocycles. The van der Waals surface area contributed by atoms with Crippen LogP contribution in [0.1, 0.15) is 37.7 Å². The molecule has 2 saturated heterocycles. The molecular formula is C27H36ClN3O4. The second kappa shape index (κ2) is 15.2. The third-order valence-electron chi connectivity index (χ3n) is 6.38. The molecule has 2 heterocycles. The maximum absolute atomic E-state index is 12.8. The average molecular weight is 502 g/mol. The number of amides is 2. The van der Waals surface area contributed by atoms with E-state index in [0.717, 1.165) is 37.9 Å². The van der Waals surface area contributed by atoms with E-state index in [2.05, 4.69) is 16.6 Å². The van der Waals surface area contributed by atoms with E-state index >= 15 is 0 Å². The normalized spacial score (nSPS) is 19.3. The lowest BCUT2D eigenvalue weighted by Crippen LogP contribution is -2.47. The van der Waals surface area contributed by atoms with Crippen LogP contribution in [0.4, 0.5) is 0 Å². The summed E-state index contributed by atoms with van der Waals surface area (Å²) >= 11 is 0. The summed E-state index contributed by atoms with van der Waals surface area (Å²) < 4.78 is 5.28. The summed E-state index contributed by atoms with van der Waals surface area (Å²) in [6, 6.07) is 9.02. The molecule has 2 atom stereocenters. The van der Waals surface area contributed by atoms with Crippen molar-refractivity contribution < 1.29 is 19.1 Å². The van der Waals surface area contributed by atoms with E-state index in [-0.39, 0.29) is 43.2 Å². The van der Waals surface area contributed by atoms with Crippen molar-refractivity contribution in [2.75, 3.05) is 32.8 Å². The van der Waals surface area contributed by atoms with Gasteiger partial charge in [-0.15, -0.1) is 18.8 Å². The number of piperidine rings is 2. The zero-order valence-corrected chi connectivity index (χ0v) is 20.9. The third-order valence-corrected chi connectivity index (χ3v) is 6.38. The molecule has 1 aromatic carbocycles. The molecule has 0 radical (unpaired) electrons. The number of carbonyl (C=O) groups excluding carboxylic acids is 3. The molecule has 2 aliphatic heterocycles. The summed E-state index contributed by atoms with van der Waals surface area (Å²) in [6.45, 7) is 3.22. The molecule has 190 valence electrons. The number of nitrogens with zero attached hydrogens (tertiary/aromatic N) is 1. The van der Waals surface area contributed by atoms with E-state index in [1.807, 2.05) is 36.4 Å². The quantitative estimate of drug-likeness (QED) is 0.308. The van der Waals surface area contributed by atoms with Crippen LogP contribution in [0.15, 0.2) is 42.5 Å². The highest BCUT2D eigenvalue weighted by Gasteiger charge is 2.29. The van der Waals surface area contributed by atoms with Crippen molar-refractivity contribution >= 4 is 30.2 Å². The van der Waals surface area contributed by atoms with Crippen LogP contribution < -0.4 is 10.6 Å². The molecule has 0 bridgehead atoms. The highest BCUT2D eigenvalue weighted by atomic mass is 35.5. The zero-order valence-electron chi connectivity index (χ0n) is 20.1. The molecular weight excluding hydrogens is 466 g/mol. The Balaban J connectivity index is 0.00000432. The van der Waals surface area contributed by atoms with Gasteiger partial charge in [0, 0.05) is 19.5 Å². The first-order chi connectivity index (χ1) is 16.5. The first-order valence-corrected chi connectivity index (χ1v) is 12.2. The minimum atomic E-state index is -0.734. The first kappa shape index (κ1) is 28.4. The van der Waals surface area contributed by atoms with Gasteiger partial charge in [0.2, 0.25) is 11.8 Å². The maximum Gasteiger partial charge on any atom is 0.308 e. The van der Waals surface area contributed by atoms with Gasteiger partial charge in [-0.05, 0) is 56.3 Å². The Bertz CT molecular complexity index is 893. The Hall–Kier alpha value is -2.82. The number of allylic oxidation sites excluding steroid dienone is 1. The van der Waals surface area contributed by atoms with Gasteiger partial charge in [0.1, 0.15) is 6.04 Å². The molecule has 35 heavy (non-hydrogen) atoms. The van der Waals surface area contributed by atoms with Gasteiger partial charge in [-0.3, -0.25) is 14.4 Å². The molecule has 8 heteroatoms. The number of esters is 1. The van der Waals surface area contributed by atoms with E-state index in [0.29, 0.717) is 31.8 Å². The van der Waals surface area contributed by atoms with Crippen molar-refractivity contribution in [3.8, 4) is 12.3 Å². The summed E-state index contributed by atoms with van der Waals surface area (Å²) in [4.78, 5) is 39.3. The minimum Gasteiger partial charge on any atom is -0.465 e. The van der Waals surface area contributed by atoms with E-state index in [1.165, 1.54) is 0 Å². The fraction of sp³-hybridized carbons (Fsp3) is 0.519. The van der Waals surface area contributed by atoms with Gasteiger partial charge in [-0.1, -0.05) is 42.3 Å². The number of ether oxygens (including phenoxy) is 1. The van der Waals surface area contributed by atoms with Crippen molar-refractivity contribution in [3.05, 3.63) is 48.0 Å². The van der Waals surface area contributed by atoms with Crippen LogP contribution in [0, 0.1) is 24.2 Å². The lowest BCUT2D eigenvalue weighted by Gasteiger charge is -2.32. The van der Waals surface area contributed by atoms with Crippen LogP contribution in [-0.4, -0.2) is 61.5 Å². The summed E-state index contributed by atoms with van der Waals surface area (Å²) in [5.74, 6) is 1.85. The molecule has 0 spiro atoms. The number of carbonyl (C=O) groups is 3. The van der Waals surface area contributed by atoms with E-state index in [1.54, 1.807) is 11.0 Å². The molecule has 0 saturated carbocycles. The van der Waals surface area contributed by atoms with Gasteiger partial charge in [0.25, 0.3) is 0 Å². The van der Waals surface area contributed by atoms with Crippen LogP contribution >= 0.6 is 12.4 Å². The SMILES string of the molecule is C#CC(CC(=O)OCCc1ccccc1)NC(=O)[C@@H]1CCCN(C(=O)/C=C/C2CCNCC2)C1.Cl. The predicted octanol–water partition coefficient (Wildman–Crippen LogP) is 2.50. The smallest absolute Gasteiger partial charge is 0.308 e. The van der Waals surface area contributed by atoms with Gasteiger partial charge < -0.3 is 20.3 Å². The number of halogens is 1. The van der Waals surface area contributed by atoms with Crippen LogP contribution in [0.25, 0.3) is 0 Å². The highest BCUT2D eigenvalue weighted by Crippen LogP contribution is 2.19. The van der Waals surface area contributed by atoms with Crippen LogP contribution in [0.3, 0.4) is 0 Å². The van der Waals surface area contributed by atoms with Crippen molar-refractivity contribution in [3.63, 3.8) is 0 Å². The Labute approximate surface area is 214 Å². The third kappa shape index (κ3) is 9.75. The number of benzene rings is 1. The van der Waals surface area contributed by atoms with Crippen molar-refractivity contribution in [1.29, 1.82) is 0 Å². The monoisotopic (exact) mass is 501 g/mol. The molecule has 2 fully saturated rings. The molecule has 1 unspecified atom stereocenters. The lowest BCUT2D eigenvalue weighted by molar-refractivity contribution is -0.143. The largest absolute Gasteiger partial charge is 0.465 e. The average Bonchev–Trinajstić information content (AvgIpc) is 2.88. The molecule has 2 aliphatic rings. The molecule has 1 aromatic rings. The van der Waals surface area contributed by atoms with Gasteiger partial charge in [0.15, 0.2) is 0 Å². The molecule has 7 nitrogen and oxygen atoms in total. The number of terminal acetylenes is 1. The Morgan fingerprint density at radius 3 is 2.66 bits per heavy atom. The zero-order chi connectivity index (χ0) is 24.2. The van der Waals surface area contributed by atoms with Crippen LogP contribution in [0.5, 0.6) is 0 Å². The second-order valence-electron chi connectivity index (χ2n) is 8.96. The van der Waals surface area contributed by atoms with Crippen LogP contribution in [0.2, 0.25) is 0 Å². The van der Waals surface area contributed by atoms with E-state index in [9.17, 15) is 14.4 Å². The van der Waals surface area contributed by atoms with Crippen molar-refractivity contribution in [1.82, 2.24) is 15.5 Å². The predicted molar refractivity (Wildman–Crippen MR) is 138 cm³/mol. The van der Waals surface area contributed by atoms with Gasteiger partial charge in [-0.2, -0.15) is 0 Å². The fourth-order valence-corrected chi connectivity index (χ4v) is 4.35. The molecule has 3 rings (SSSR count). The summed E-state index contributed by atoms with van der Waals surface area (Å²) in [5, 5.41) is 6.10. The number of hydrogen-bond donors (Lipinski definition) is 2. The van der Waals surface area contributed by atoms with Gasteiger partial charge in [-0.25, -0.2) is 0 Å². The summed E-state index contributed by atoms with van der Waals surface area (Å²) in [5.41, 5.74) is 1.08. The fourth-order valence-electron chi connectivity index (χ4n) is 4.35. The summed E-state index contributed by atoms with van der Waals surface area (Å²) in [7, 11) is 0. The van der Waals surface area contributed by atoms with Gasteiger partial charge >= 0.3 is 5.97 Å². The molecule has 0 aromatic heterocycles. The Morgan fingerprint density at radius 1 is 1.20 bits per heavy atom. The van der Waals surface area contributed by atoms with E-state index < -0.39 is 12.0 Å². The minimum absolute atomic E-state index is 0. The topological polar surface area (TPSA) is 87.7 Å². The highest BCUT2D eigenvalue weighted by molar-refractivity contribution is 5.88. The summed E-state index contributed by atoms with van der Waals surface area (Å²) in [6.07, 6.45) is 13.3.